The number of rotatable bonds is 2. The monoisotopic (exact) mass is 282 g/mol. The van der Waals surface area contributed by atoms with Gasteiger partial charge in [-0.15, -0.1) is 0 Å². The molecule has 106 valence electrons. The van der Waals surface area contributed by atoms with Crippen molar-refractivity contribution in [3.63, 3.8) is 0 Å². The van der Waals surface area contributed by atoms with Gasteiger partial charge in [0.25, 0.3) is 0 Å². The SMILES string of the molecule is CC(=O)c1ccc(C2Oc3cc(O)ccc3CC2=O)cc1. The van der Waals surface area contributed by atoms with Crippen LogP contribution in [0.4, 0.5) is 0 Å². The minimum Gasteiger partial charge on any atom is -0.508 e. The Balaban J connectivity index is 1.92. The van der Waals surface area contributed by atoms with Gasteiger partial charge in [0.15, 0.2) is 17.7 Å². The number of carbonyl (C=O) groups is 2. The van der Waals surface area contributed by atoms with Crippen molar-refractivity contribution in [2.45, 2.75) is 19.4 Å². The lowest BCUT2D eigenvalue weighted by Gasteiger charge is -2.25. The Morgan fingerprint density at radius 1 is 1.19 bits per heavy atom. The Labute approximate surface area is 122 Å². The first-order valence-corrected chi connectivity index (χ1v) is 6.67. The minimum atomic E-state index is -0.694. The van der Waals surface area contributed by atoms with E-state index in [4.69, 9.17) is 4.74 Å². The van der Waals surface area contributed by atoms with Crippen LogP contribution in [0.2, 0.25) is 0 Å². The van der Waals surface area contributed by atoms with Crippen LogP contribution in [-0.4, -0.2) is 16.7 Å². The van der Waals surface area contributed by atoms with Gasteiger partial charge in [0.05, 0.1) is 0 Å². The molecule has 4 heteroatoms. The summed E-state index contributed by atoms with van der Waals surface area (Å²) >= 11 is 0. The van der Waals surface area contributed by atoms with Gasteiger partial charge in [-0.3, -0.25) is 9.59 Å². The number of benzene rings is 2. The van der Waals surface area contributed by atoms with E-state index in [-0.39, 0.29) is 23.7 Å². The Kier molecular flexibility index (Phi) is 3.22. The summed E-state index contributed by atoms with van der Waals surface area (Å²) in [6.07, 6.45) is -0.422. The molecule has 0 aromatic heterocycles. The van der Waals surface area contributed by atoms with E-state index >= 15 is 0 Å². The van der Waals surface area contributed by atoms with E-state index in [1.165, 1.54) is 19.1 Å². The lowest BCUT2D eigenvalue weighted by atomic mass is 9.95. The van der Waals surface area contributed by atoms with Gasteiger partial charge in [0, 0.05) is 23.6 Å². The van der Waals surface area contributed by atoms with Crippen molar-refractivity contribution >= 4 is 11.6 Å². The zero-order valence-corrected chi connectivity index (χ0v) is 11.5. The number of phenols is 1. The first-order valence-electron chi connectivity index (χ1n) is 6.67. The lowest BCUT2D eigenvalue weighted by molar-refractivity contribution is -0.126. The van der Waals surface area contributed by atoms with Crippen LogP contribution in [0.5, 0.6) is 11.5 Å². The molecule has 1 atom stereocenters. The number of Topliss-reactive ketones (excluding diaryl/α,β-unsaturated/α-hetero) is 2. The molecule has 1 heterocycles. The molecule has 0 radical (unpaired) electrons. The summed E-state index contributed by atoms with van der Waals surface area (Å²) in [4.78, 5) is 23.5. The molecule has 1 aliphatic heterocycles. The van der Waals surface area contributed by atoms with Crippen molar-refractivity contribution in [3.05, 3.63) is 59.2 Å². The molecule has 2 aromatic carbocycles. The average Bonchev–Trinajstić information content (AvgIpc) is 2.47. The summed E-state index contributed by atoms with van der Waals surface area (Å²) in [6.45, 7) is 1.50. The second kappa shape index (κ2) is 5.05. The lowest BCUT2D eigenvalue weighted by Crippen LogP contribution is -2.25. The van der Waals surface area contributed by atoms with E-state index < -0.39 is 6.10 Å². The summed E-state index contributed by atoms with van der Waals surface area (Å²) in [5.41, 5.74) is 2.08. The number of hydrogen-bond donors (Lipinski definition) is 1. The van der Waals surface area contributed by atoms with Crippen molar-refractivity contribution < 1.29 is 19.4 Å². The second-order valence-electron chi connectivity index (χ2n) is 5.11. The van der Waals surface area contributed by atoms with E-state index in [1.54, 1.807) is 30.3 Å². The molecule has 0 amide bonds. The first-order chi connectivity index (χ1) is 10.0. The molecule has 0 aliphatic carbocycles. The van der Waals surface area contributed by atoms with Crippen molar-refractivity contribution in [2.24, 2.45) is 0 Å². The molecule has 3 rings (SSSR count). The molecular weight excluding hydrogens is 268 g/mol. The Hall–Kier alpha value is -2.62. The highest BCUT2D eigenvalue weighted by atomic mass is 16.5. The van der Waals surface area contributed by atoms with Gasteiger partial charge < -0.3 is 9.84 Å². The van der Waals surface area contributed by atoms with E-state index in [2.05, 4.69) is 0 Å². The quantitative estimate of drug-likeness (QED) is 0.860. The minimum absolute atomic E-state index is 0.0206. The number of fused-ring (bicyclic) bond motifs is 1. The number of ketones is 2. The van der Waals surface area contributed by atoms with Crippen LogP contribution in [-0.2, 0) is 11.2 Å². The predicted octanol–water partition coefficient (Wildman–Crippen LogP) is 2.84. The van der Waals surface area contributed by atoms with Crippen LogP contribution in [0, 0.1) is 0 Å². The summed E-state index contributed by atoms with van der Waals surface area (Å²) in [5, 5.41) is 9.51. The van der Waals surface area contributed by atoms with Gasteiger partial charge in [-0.25, -0.2) is 0 Å². The molecule has 0 fully saturated rings. The van der Waals surface area contributed by atoms with Crippen LogP contribution < -0.4 is 4.74 Å². The maximum atomic E-state index is 12.2. The summed E-state index contributed by atoms with van der Waals surface area (Å²) in [6, 6.07) is 11.6. The van der Waals surface area contributed by atoms with E-state index in [0.717, 1.165) is 5.56 Å². The highest BCUT2D eigenvalue weighted by molar-refractivity contribution is 5.94. The predicted molar refractivity (Wildman–Crippen MR) is 76.6 cm³/mol. The summed E-state index contributed by atoms with van der Waals surface area (Å²) < 4.78 is 5.72. The number of carbonyl (C=O) groups excluding carboxylic acids is 2. The van der Waals surface area contributed by atoms with Gasteiger partial charge in [0.2, 0.25) is 0 Å². The molecule has 2 aromatic rings. The second-order valence-corrected chi connectivity index (χ2v) is 5.11. The summed E-state index contributed by atoms with van der Waals surface area (Å²) in [5.74, 6) is 0.570. The van der Waals surface area contributed by atoms with Crippen molar-refractivity contribution in [2.75, 3.05) is 0 Å². The van der Waals surface area contributed by atoms with Gasteiger partial charge in [0.1, 0.15) is 11.5 Å². The van der Waals surface area contributed by atoms with Crippen molar-refractivity contribution in [1.29, 1.82) is 0 Å². The highest BCUT2D eigenvalue weighted by Gasteiger charge is 2.29. The molecule has 1 unspecified atom stereocenters. The molecule has 0 bridgehead atoms. The van der Waals surface area contributed by atoms with Crippen molar-refractivity contribution in [1.82, 2.24) is 0 Å². The van der Waals surface area contributed by atoms with E-state index in [9.17, 15) is 14.7 Å². The summed E-state index contributed by atoms with van der Waals surface area (Å²) in [7, 11) is 0. The zero-order valence-electron chi connectivity index (χ0n) is 11.5. The van der Waals surface area contributed by atoms with Crippen LogP contribution in [0.25, 0.3) is 0 Å². The normalized spacial score (nSPS) is 17.0. The van der Waals surface area contributed by atoms with Crippen LogP contribution in [0.15, 0.2) is 42.5 Å². The maximum absolute atomic E-state index is 12.2. The third-order valence-corrected chi connectivity index (χ3v) is 3.57. The molecular formula is C17H14O4. The molecule has 1 N–H and O–H groups in total. The molecule has 0 saturated heterocycles. The van der Waals surface area contributed by atoms with Crippen molar-refractivity contribution in [3.8, 4) is 11.5 Å². The fourth-order valence-electron chi connectivity index (χ4n) is 2.42. The third kappa shape index (κ3) is 2.52. The van der Waals surface area contributed by atoms with Crippen LogP contribution in [0.1, 0.15) is 34.5 Å². The van der Waals surface area contributed by atoms with Gasteiger partial charge >= 0.3 is 0 Å². The van der Waals surface area contributed by atoms with Crippen LogP contribution in [0.3, 0.4) is 0 Å². The zero-order chi connectivity index (χ0) is 15.0. The number of ether oxygens (including phenoxy) is 1. The largest absolute Gasteiger partial charge is 0.508 e. The number of phenolic OH excluding ortho intramolecular Hbond substituents is 1. The molecule has 0 spiro atoms. The van der Waals surface area contributed by atoms with Gasteiger partial charge in [-0.05, 0) is 18.6 Å². The average molecular weight is 282 g/mol. The van der Waals surface area contributed by atoms with Crippen LogP contribution >= 0.6 is 0 Å². The van der Waals surface area contributed by atoms with E-state index in [0.29, 0.717) is 16.9 Å². The number of hydrogen-bond acceptors (Lipinski definition) is 4. The molecule has 1 aliphatic rings. The molecule has 4 nitrogen and oxygen atoms in total. The van der Waals surface area contributed by atoms with Gasteiger partial charge in [-0.1, -0.05) is 30.3 Å². The smallest absolute Gasteiger partial charge is 0.182 e. The van der Waals surface area contributed by atoms with E-state index in [1.807, 2.05) is 0 Å². The maximum Gasteiger partial charge on any atom is 0.182 e. The molecule has 0 saturated carbocycles. The highest BCUT2D eigenvalue weighted by Crippen LogP contribution is 2.35. The third-order valence-electron chi connectivity index (χ3n) is 3.57. The Bertz CT molecular complexity index is 716. The Morgan fingerprint density at radius 3 is 2.57 bits per heavy atom. The fourth-order valence-corrected chi connectivity index (χ4v) is 2.42. The fraction of sp³-hybridized carbons (Fsp3) is 0.176. The topological polar surface area (TPSA) is 63.6 Å². The molecule has 21 heavy (non-hydrogen) atoms. The first kappa shape index (κ1) is 13.4. The Morgan fingerprint density at radius 2 is 1.90 bits per heavy atom. The number of aromatic hydroxyl groups is 1. The van der Waals surface area contributed by atoms with Gasteiger partial charge in [-0.2, -0.15) is 0 Å². The standard InChI is InChI=1S/C17H14O4/c1-10(18)11-2-4-12(5-3-11)17-15(20)8-13-6-7-14(19)9-16(13)21-17/h2-7,9,17,19H,8H2,1H3.